The van der Waals surface area contributed by atoms with E-state index in [4.69, 9.17) is 0 Å². The Bertz CT molecular complexity index is 717. The minimum absolute atomic E-state index is 0.653. The molecule has 96 valence electrons. The Balaban J connectivity index is 2.20. The van der Waals surface area contributed by atoms with E-state index in [2.05, 4.69) is 20.3 Å². The third-order valence-corrected chi connectivity index (χ3v) is 2.98. The van der Waals surface area contributed by atoms with Gasteiger partial charge in [-0.1, -0.05) is 6.07 Å². The molecule has 1 N–H and O–H groups in total. The Labute approximate surface area is 111 Å². The number of aromatic nitrogens is 4. The largest absolute Gasteiger partial charge is 0.354 e. The smallest absolute Gasteiger partial charge is 0.223 e. The topological polar surface area (TPSA) is 55.1 Å². The van der Waals surface area contributed by atoms with Crippen molar-refractivity contribution in [1.29, 1.82) is 0 Å². The highest BCUT2D eigenvalue weighted by molar-refractivity contribution is 5.63. The van der Waals surface area contributed by atoms with E-state index in [1.165, 1.54) is 0 Å². The Morgan fingerprint density at radius 1 is 1.26 bits per heavy atom. The standard InChI is InChI=1S/C14H15N5/c1-3-15-14-17-9-10(2)13(18-14)11-5-4-6-12-16-7-8-19(11)12/h4-9H,3H2,1-2H3,(H,15,17,18). The molecule has 5 nitrogen and oxygen atoms in total. The Kier molecular flexibility index (Phi) is 2.87. The van der Waals surface area contributed by atoms with Crippen LogP contribution in [0.2, 0.25) is 0 Å². The monoisotopic (exact) mass is 253 g/mol. The van der Waals surface area contributed by atoms with Crippen molar-refractivity contribution >= 4 is 11.6 Å². The van der Waals surface area contributed by atoms with Gasteiger partial charge in [-0.2, -0.15) is 0 Å². The molecule has 0 spiro atoms. The van der Waals surface area contributed by atoms with Gasteiger partial charge in [0.05, 0.1) is 11.4 Å². The van der Waals surface area contributed by atoms with Crippen molar-refractivity contribution in [3.05, 3.63) is 42.4 Å². The van der Waals surface area contributed by atoms with Crippen molar-refractivity contribution in [2.45, 2.75) is 13.8 Å². The number of anilines is 1. The predicted molar refractivity (Wildman–Crippen MR) is 75.1 cm³/mol. The molecule has 0 radical (unpaired) electrons. The number of nitrogens with zero attached hydrogens (tertiary/aromatic N) is 4. The molecule has 0 saturated heterocycles. The zero-order valence-corrected chi connectivity index (χ0v) is 11.0. The molecule has 0 aliphatic rings. The van der Waals surface area contributed by atoms with Gasteiger partial charge in [0.2, 0.25) is 5.95 Å². The molecule has 3 heterocycles. The average Bonchev–Trinajstić information content (AvgIpc) is 2.89. The van der Waals surface area contributed by atoms with Crippen molar-refractivity contribution in [3.63, 3.8) is 0 Å². The summed E-state index contributed by atoms with van der Waals surface area (Å²) in [6.07, 6.45) is 5.58. The lowest BCUT2D eigenvalue weighted by molar-refractivity contribution is 1.05. The third kappa shape index (κ3) is 2.03. The minimum atomic E-state index is 0.653. The molecule has 0 fully saturated rings. The first-order chi connectivity index (χ1) is 9.29. The highest BCUT2D eigenvalue weighted by Crippen LogP contribution is 2.22. The quantitative estimate of drug-likeness (QED) is 0.779. The number of rotatable bonds is 3. The molecule has 19 heavy (non-hydrogen) atoms. The van der Waals surface area contributed by atoms with Crippen LogP contribution in [-0.2, 0) is 0 Å². The number of aryl methyl sites for hydroxylation is 1. The molecule has 0 unspecified atom stereocenters. The van der Waals surface area contributed by atoms with Crippen molar-refractivity contribution in [1.82, 2.24) is 19.4 Å². The molecular formula is C14H15N5. The molecule has 0 amide bonds. The molecule has 0 bridgehead atoms. The van der Waals surface area contributed by atoms with Crippen LogP contribution in [-0.4, -0.2) is 25.9 Å². The molecular weight excluding hydrogens is 238 g/mol. The number of fused-ring (bicyclic) bond motifs is 1. The molecule has 3 rings (SSSR count). The summed E-state index contributed by atoms with van der Waals surface area (Å²) in [7, 11) is 0. The van der Waals surface area contributed by atoms with Gasteiger partial charge >= 0.3 is 0 Å². The maximum absolute atomic E-state index is 4.59. The van der Waals surface area contributed by atoms with Crippen molar-refractivity contribution in [2.75, 3.05) is 11.9 Å². The zero-order valence-electron chi connectivity index (χ0n) is 11.0. The second-order valence-corrected chi connectivity index (χ2v) is 4.32. The van der Waals surface area contributed by atoms with E-state index in [0.29, 0.717) is 5.95 Å². The first kappa shape index (κ1) is 11.6. The zero-order chi connectivity index (χ0) is 13.2. The number of imidazole rings is 1. The molecule has 0 aromatic carbocycles. The van der Waals surface area contributed by atoms with Gasteiger partial charge in [-0.15, -0.1) is 0 Å². The van der Waals surface area contributed by atoms with E-state index in [1.54, 1.807) is 6.20 Å². The van der Waals surface area contributed by atoms with Gasteiger partial charge in [0.1, 0.15) is 5.65 Å². The summed E-state index contributed by atoms with van der Waals surface area (Å²) in [5.41, 5.74) is 3.91. The average molecular weight is 253 g/mol. The van der Waals surface area contributed by atoms with E-state index < -0.39 is 0 Å². The first-order valence-electron chi connectivity index (χ1n) is 6.29. The van der Waals surface area contributed by atoms with Gasteiger partial charge in [0.25, 0.3) is 0 Å². The normalized spacial score (nSPS) is 10.8. The molecule has 3 aromatic heterocycles. The highest BCUT2D eigenvalue weighted by Gasteiger charge is 2.09. The molecule has 0 aliphatic carbocycles. The number of hydrogen-bond acceptors (Lipinski definition) is 4. The fraction of sp³-hybridized carbons (Fsp3) is 0.214. The Hall–Kier alpha value is -2.43. The van der Waals surface area contributed by atoms with Crippen LogP contribution in [0.5, 0.6) is 0 Å². The van der Waals surface area contributed by atoms with Crippen molar-refractivity contribution < 1.29 is 0 Å². The highest BCUT2D eigenvalue weighted by atomic mass is 15.1. The van der Waals surface area contributed by atoms with Gasteiger partial charge < -0.3 is 5.32 Å². The molecule has 3 aromatic rings. The molecule has 5 heteroatoms. The van der Waals surface area contributed by atoms with Gasteiger partial charge in [-0.25, -0.2) is 15.0 Å². The Morgan fingerprint density at radius 3 is 3.00 bits per heavy atom. The number of pyridine rings is 1. The van der Waals surface area contributed by atoms with Gasteiger partial charge in [0, 0.05) is 25.1 Å². The lowest BCUT2D eigenvalue weighted by atomic mass is 10.2. The van der Waals surface area contributed by atoms with Gasteiger partial charge in [-0.05, 0) is 31.5 Å². The van der Waals surface area contributed by atoms with Gasteiger partial charge in [-0.3, -0.25) is 4.40 Å². The summed E-state index contributed by atoms with van der Waals surface area (Å²) < 4.78 is 2.03. The molecule has 0 atom stereocenters. The summed E-state index contributed by atoms with van der Waals surface area (Å²) in [4.78, 5) is 13.2. The van der Waals surface area contributed by atoms with E-state index >= 15 is 0 Å². The summed E-state index contributed by atoms with van der Waals surface area (Å²) in [5, 5.41) is 3.14. The van der Waals surface area contributed by atoms with Crippen LogP contribution >= 0.6 is 0 Å². The van der Waals surface area contributed by atoms with Crippen LogP contribution in [0.25, 0.3) is 17.0 Å². The van der Waals surface area contributed by atoms with Gasteiger partial charge in [0.15, 0.2) is 0 Å². The van der Waals surface area contributed by atoms with E-state index in [0.717, 1.165) is 29.1 Å². The predicted octanol–water partition coefficient (Wildman–Crippen LogP) is 2.53. The number of nitrogens with one attached hydrogen (secondary N) is 1. The van der Waals surface area contributed by atoms with E-state index in [-0.39, 0.29) is 0 Å². The minimum Gasteiger partial charge on any atom is -0.354 e. The summed E-state index contributed by atoms with van der Waals surface area (Å²) in [6, 6.07) is 6.01. The maximum Gasteiger partial charge on any atom is 0.223 e. The third-order valence-electron chi connectivity index (χ3n) is 2.98. The summed E-state index contributed by atoms with van der Waals surface area (Å²) in [6.45, 7) is 4.85. The van der Waals surface area contributed by atoms with Crippen LogP contribution in [0.3, 0.4) is 0 Å². The lowest BCUT2D eigenvalue weighted by Gasteiger charge is -2.09. The van der Waals surface area contributed by atoms with Crippen LogP contribution in [0.15, 0.2) is 36.8 Å². The lowest BCUT2D eigenvalue weighted by Crippen LogP contribution is -2.04. The van der Waals surface area contributed by atoms with Crippen LogP contribution in [0.1, 0.15) is 12.5 Å². The second-order valence-electron chi connectivity index (χ2n) is 4.32. The van der Waals surface area contributed by atoms with Crippen LogP contribution < -0.4 is 5.32 Å². The van der Waals surface area contributed by atoms with E-state index in [1.807, 2.05) is 48.8 Å². The Morgan fingerprint density at radius 2 is 2.16 bits per heavy atom. The summed E-state index contributed by atoms with van der Waals surface area (Å²) >= 11 is 0. The number of hydrogen-bond donors (Lipinski definition) is 1. The van der Waals surface area contributed by atoms with E-state index in [9.17, 15) is 0 Å². The molecule has 0 aliphatic heterocycles. The second kappa shape index (κ2) is 4.68. The fourth-order valence-electron chi connectivity index (χ4n) is 2.09. The first-order valence-corrected chi connectivity index (χ1v) is 6.29. The van der Waals surface area contributed by atoms with Crippen LogP contribution in [0, 0.1) is 6.92 Å². The van der Waals surface area contributed by atoms with Crippen molar-refractivity contribution in [3.8, 4) is 11.4 Å². The summed E-state index contributed by atoms with van der Waals surface area (Å²) in [5.74, 6) is 0.653. The molecule has 0 saturated carbocycles. The van der Waals surface area contributed by atoms with Crippen LogP contribution in [0.4, 0.5) is 5.95 Å². The fourth-order valence-corrected chi connectivity index (χ4v) is 2.09. The SMILES string of the molecule is CCNc1ncc(C)c(-c2cccc3nccn23)n1. The maximum atomic E-state index is 4.59. The van der Waals surface area contributed by atoms with Crippen molar-refractivity contribution in [2.24, 2.45) is 0 Å².